The third-order valence-electron chi connectivity index (χ3n) is 3.74. The molecule has 0 unspecified atom stereocenters. The maximum atomic E-state index is 12.4. The summed E-state index contributed by atoms with van der Waals surface area (Å²) in [7, 11) is 3.33. The van der Waals surface area contributed by atoms with E-state index >= 15 is 0 Å². The van der Waals surface area contributed by atoms with Gasteiger partial charge < -0.3 is 10.2 Å². The number of hydrogen-bond donors (Lipinski definition) is 3. The number of rotatable bonds is 7. The Morgan fingerprint density at radius 2 is 1.60 bits per heavy atom. The predicted molar refractivity (Wildman–Crippen MR) is 107 cm³/mol. The van der Waals surface area contributed by atoms with E-state index in [1.165, 1.54) is 42.5 Å². The Morgan fingerprint density at radius 3 is 2.20 bits per heavy atom. The number of nitro groups is 1. The molecule has 0 heterocycles. The summed E-state index contributed by atoms with van der Waals surface area (Å²) in [6.45, 7) is 0.0103. The van der Waals surface area contributed by atoms with Crippen LogP contribution < -0.4 is 16.2 Å². The molecular weight excluding hydrogens is 394 g/mol. The molecule has 3 amide bonds. The molecule has 3 N–H and O–H groups in total. The minimum absolute atomic E-state index is 0.0103. The molecule has 0 saturated carbocycles. The van der Waals surface area contributed by atoms with E-state index in [-0.39, 0.29) is 29.0 Å². The van der Waals surface area contributed by atoms with E-state index in [9.17, 15) is 29.3 Å². The van der Waals surface area contributed by atoms with E-state index in [1.54, 1.807) is 25.1 Å². The van der Waals surface area contributed by atoms with Gasteiger partial charge in [-0.25, -0.2) is 0 Å². The van der Waals surface area contributed by atoms with Crippen molar-refractivity contribution >= 4 is 34.9 Å². The van der Waals surface area contributed by atoms with Gasteiger partial charge in [-0.05, 0) is 38.4 Å². The van der Waals surface area contributed by atoms with Crippen molar-refractivity contribution in [2.75, 3.05) is 26.0 Å². The molecule has 0 aliphatic rings. The molecule has 0 aromatic heterocycles. The summed E-state index contributed by atoms with van der Waals surface area (Å²) in [5, 5.41) is 13.2. The number of likely N-dealkylation sites (N-methyl/N-ethyl adjacent to an activating group) is 1. The summed E-state index contributed by atoms with van der Waals surface area (Å²) in [6.07, 6.45) is 0. The molecule has 0 aliphatic heterocycles. The van der Waals surface area contributed by atoms with Crippen molar-refractivity contribution in [2.45, 2.75) is 0 Å². The van der Waals surface area contributed by atoms with Gasteiger partial charge in [-0.3, -0.25) is 40.1 Å². The van der Waals surface area contributed by atoms with E-state index in [2.05, 4.69) is 10.7 Å². The van der Waals surface area contributed by atoms with Crippen LogP contribution in [0.5, 0.6) is 0 Å². The second-order valence-electron chi connectivity index (χ2n) is 6.37. The molecule has 2 aromatic rings. The largest absolute Gasteiger partial charge is 0.321 e. The number of carbonyl (C=O) groups is 4. The number of nitrogens with zero attached hydrogens (tertiary/aromatic N) is 2. The number of Topliss-reactive ketones (excluding diaryl/α,β-unsaturated/α-hetero) is 1. The van der Waals surface area contributed by atoms with Crippen LogP contribution >= 0.6 is 0 Å². The monoisotopic (exact) mass is 413 g/mol. The third-order valence-corrected chi connectivity index (χ3v) is 3.74. The summed E-state index contributed by atoms with van der Waals surface area (Å²) >= 11 is 0. The molecule has 2 rings (SSSR count). The van der Waals surface area contributed by atoms with Crippen molar-refractivity contribution in [1.29, 1.82) is 0 Å². The quantitative estimate of drug-likeness (QED) is 0.262. The van der Waals surface area contributed by atoms with Gasteiger partial charge >= 0.3 is 5.91 Å². The Hall–Kier alpha value is -4.12. The lowest BCUT2D eigenvalue weighted by Gasteiger charge is -2.12. The van der Waals surface area contributed by atoms with Crippen LogP contribution in [0.1, 0.15) is 20.7 Å². The molecule has 0 bridgehead atoms. The number of hydrazine groups is 1. The first-order valence-electron chi connectivity index (χ1n) is 8.62. The Kier molecular flexibility index (Phi) is 7.31. The number of ketones is 1. The smallest absolute Gasteiger partial charge is 0.310 e. The number of amides is 3. The van der Waals surface area contributed by atoms with Gasteiger partial charge in [0.25, 0.3) is 23.3 Å². The number of benzene rings is 2. The second kappa shape index (κ2) is 9.89. The van der Waals surface area contributed by atoms with Crippen LogP contribution in [-0.4, -0.2) is 54.0 Å². The highest BCUT2D eigenvalue weighted by Crippen LogP contribution is 2.18. The summed E-state index contributed by atoms with van der Waals surface area (Å²) in [4.78, 5) is 60.2. The Labute approximate surface area is 171 Å². The molecule has 156 valence electrons. The first-order chi connectivity index (χ1) is 14.2. The molecular formula is C19H19N5O6. The number of non-ortho nitro benzene ring substituents is 1. The van der Waals surface area contributed by atoms with Gasteiger partial charge in [0.05, 0.1) is 22.7 Å². The topological polar surface area (TPSA) is 151 Å². The van der Waals surface area contributed by atoms with Gasteiger partial charge in [-0.2, -0.15) is 0 Å². The zero-order valence-corrected chi connectivity index (χ0v) is 16.2. The Morgan fingerprint density at radius 1 is 0.967 bits per heavy atom. The SMILES string of the molecule is CN(C)CC(=O)NNC(=O)C(=O)c1ccccc1NC(=O)c1ccc([N+](=O)[O-])cc1. The number of anilines is 1. The van der Waals surface area contributed by atoms with Crippen LogP contribution in [-0.2, 0) is 9.59 Å². The van der Waals surface area contributed by atoms with Gasteiger partial charge in [0.15, 0.2) is 0 Å². The van der Waals surface area contributed by atoms with E-state index < -0.39 is 28.4 Å². The molecule has 11 nitrogen and oxygen atoms in total. The minimum Gasteiger partial charge on any atom is -0.321 e. The van der Waals surface area contributed by atoms with E-state index in [0.717, 1.165) is 0 Å². The minimum atomic E-state index is -1.08. The zero-order chi connectivity index (χ0) is 22.3. The van der Waals surface area contributed by atoms with Crippen molar-refractivity contribution in [3.8, 4) is 0 Å². The summed E-state index contributed by atoms with van der Waals surface area (Å²) in [6, 6.07) is 10.7. The van der Waals surface area contributed by atoms with Crippen LogP contribution in [0, 0.1) is 10.1 Å². The first-order valence-corrected chi connectivity index (χ1v) is 8.62. The Balaban J connectivity index is 2.10. The van der Waals surface area contributed by atoms with Crippen molar-refractivity contribution in [1.82, 2.24) is 15.8 Å². The van der Waals surface area contributed by atoms with Crippen LogP contribution in [0.2, 0.25) is 0 Å². The van der Waals surface area contributed by atoms with E-state index in [1.807, 2.05) is 5.43 Å². The van der Waals surface area contributed by atoms with E-state index in [4.69, 9.17) is 0 Å². The molecule has 0 aliphatic carbocycles. The fraction of sp³-hybridized carbons (Fsp3) is 0.158. The normalized spacial score (nSPS) is 10.2. The molecule has 0 saturated heterocycles. The lowest BCUT2D eigenvalue weighted by molar-refractivity contribution is -0.384. The van der Waals surface area contributed by atoms with Gasteiger partial charge in [0.2, 0.25) is 0 Å². The van der Waals surface area contributed by atoms with Crippen LogP contribution in [0.4, 0.5) is 11.4 Å². The molecule has 0 fully saturated rings. The highest BCUT2D eigenvalue weighted by molar-refractivity contribution is 6.44. The van der Waals surface area contributed by atoms with Crippen molar-refractivity contribution in [2.24, 2.45) is 0 Å². The summed E-state index contributed by atoms with van der Waals surface area (Å²) < 4.78 is 0. The van der Waals surface area contributed by atoms with Crippen molar-refractivity contribution in [3.63, 3.8) is 0 Å². The molecule has 0 atom stereocenters. The maximum Gasteiger partial charge on any atom is 0.310 e. The van der Waals surface area contributed by atoms with E-state index in [0.29, 0.717) is 0 Å². The van der Waals surface area contributed by atoms with Crippen LogP contribution in [0.3, 0.4) is 0 Å². The van der Waals surface area contributed by atoms with Crippen LogP contribution in [0.15, 0.2) is 48.5 Å². The first kappa shape index (κ1) is 22.2. The Bertz CT molecular complexity index is 987. The van der Waals surface area contributed by atoms with Gasteiger partial charge in [0, 0.05) is 17.7 Å². The van der Waals surface area contributed by atoms with Crippen molar-refractivity contribution in [3.05, 3.63) is 69.8 Å². The fourth-order valence-electron chi connectivity index (χ4n) is 2.35. The fourth-order valence-corrected chi connectivity index (χ4v) is 2.35. The lowest BCUT2D eigenvalue weighted by atomic mass is 10.1. The molecule has 2 aromatic carbocycles. The summed E-state index contributed by atoms with van der Waals surface area (Å²) in [5.74, 6) is -3.19. The maximum absolute atomic E-state index is 12.4. The van der Waals surface area contributed by atoms with Gasteiger partial charge in [-0.1, -0.05) is 12.1 Å². The second-order valence-corrected chi connectivity index (χ2v) is 6.37. The standard InChI is InChI=1S/C19H19N5O6/c1-23(2)11-16(25)21-22-19(28)17(26)14-5-3-4-6-15(14)20-18(27)12-7-9-13(10-8-12)24(29)30/h3-10H,11H2,1-2H3,(H,20,27)(H,21,25)(H,22,28). The molecule has 0 radical (unpaired) electrons. The average Bonchev–Trinajstić information content (AvgIpc) is 2.71. The number of para-hydroxylation sites is 1. The van der Waals surface area contributed by atoms with Gasteiger partial charge in [0.1, 0.15) is 0 Å². The molecule has 0 spiro atoms. The molecule has 11 heteroatoms. The highest BCUT2D eigenvalue weighted by Gasteiger charge is 2.21. The number of hydrogen-bond acceptors (Lipinski definition) is 7. The molecule has 30 heavy (non-hydrogen) atoms. The van der Waals surface area contributed by atoms with Crippen LogP contribution in [0.25, 0.3) is 0 Å². The third kappa shape index (κ3) is 5.94. The summed E-state index contributed by atoms with van der Waals surface area (Å²) in [5.41, 5.74) is 4.08. The number of nitrogens with one attached hydrogen (secondary N) is 3. The predicted octanol–water partition coefficient (Wildman–Crippen LogP) is 0.739. The number of carbonyl (C=O) groups excluding carboxylic acids is 4. The number of nitro benzene ring substituents is 1. The van der Waals surface area contributed by atoms with Gasteiger partial charge in [-0.15, -0.1) is 0 Å². The lowest BCUT2D eigenvalue weighted by Crippen LogP contribution is -2.47. The highest BCUT2D eigenvalue weighted by atomic mass is 16.6. The average molecular weight is 413 g/mol. The zero-order valence-electron chi connectivity index (χ0n) is 16.2. The van der Waals surface area contributed by atoms with Crippen molar-refractivity contribution < 1.29 is 24.1 Å².